The molecule has 2 amide bonds. The molecule has 6 heteroatoms. The summed E-state index contributed by atoms with van der Waals surface area (Å²) in [5.41, 5.74) is 5.47. The minimum atomic E-state index is -0.592. The first-order valence-electron chi connectivity index (χ1n) is 6.63. The SMILES string of the molecule is C=CCN(CC=C)C(=O)c1ccc(OCC(N)=O)c(OC)c1. The number of nitrogens with two attached hydrogens (primary N) is 1. The number of hydrogen-bond donors (Lipinski definition) is 1. The van der Waals surface area contributed by atoms with Crippen molar-refractivity contribution in [3.63, 3.8) is 0 Å². The highest BCUT2D eigenvalue weighted by Gasteiger charge is 2.16. The third-order valence-electron chi connectivity index (χ3n) is 2.77. The Balaban J connectivity index is 3.00. The van der Waals surface area contributed by atoms with Gasteiger partial charge in [-0.3, -0.25) is 9.59 Å². The van der Waals surface area contributed by atoms with E-state index in [0.29, 0.717) is 30.2 Å². The number of ether oxygens (including phenoxy) is 2. The summed E-state index contributed by atoms with van der Waals surface area (Å²) in [4.78, 5) is 24.8. The summed E-state index contributed by atoms with van der Waals surface area (Å²) < 4.78 is 10.4. The van der Waals surface area contributed by atoms with Gasteiger partial charge >= 0.3 is 0 Å². The molecule has 1 rings (SSSR count). The zero-order chi connectivity index (χ0) is 16.5. The Labute approximate surface area is 129 Å². The quantitative estimate of drug-likeness (QED) is 0.699. The van der Waals surface area contributed by atoms with Crippen LogP contribution >= 0.6 is 0 Å². The lowest BCUT2D eigenvalue weighted by atomic mass is 10.1. The first kappa shape index (κ1) is 17.3. The Kier molecular flexibility index (Phi) is 6.69. The van der Waals surface area contributed by atoms with E-state index in [9.17, 15) is 9.59 Å². The van der Waals surface area contributed by atoms with Crippen molar-refractivity contribution in [2.24, 2.45) is 5.73 Å². The normalized spacial score (nSPS) is 9.68. The van der Waals surface area contributed by atoms with Crippen molar-refractivity contribution in [3.8, 4) is 11.5 Å². The Hall–Kier alpha value is -2.76. The van der Waals surface area contributed by atoms with E-state index in [0.717, 1.165) is 0 Å². The Bertz CT molecular complexity index is 559. The van der Waals surface area contributed by atoms with E-state index in [1.54, 1.807) is 35.3 Å². The summed E-state index contributed by atoms with van der Waals surface area (Å²) in [6, 6.07) is 4.72. The molecule has 6 nitrogen and oxygen atoms in total. The summed E-state index contributed by atoms with van der Waals surface area (Å²) in [7, 11) is 1.45. The number of amides is 2. The fraction of sp³-hybridized carbons (Fsp3) is 0.250. The first-order valence-corrected chi connectivity index (χ1v) is 6.63. The molecule has 0 unspecified atom stereocenters. The smallest absolute Gasteiger partial charge is 0.255 e. The summed E-state index contributed by atoms with van der Waals surface area (Å²) in [5, 5.41) is 0. The van der Waals surface area contributed by atoms with Crippen LogP contribution in [0.5, 0.6) is 11.5 Å². The predicted octanol–water partition coefficient (Wildman–Crippen LogP) is 1.37. The number of carbonyl (C=O) groups is 2. The lowest BCUT2D eigenvalue weighted by Gasteiger charge is -2.20. The molecule has 0 aliphatic heterocycles. The van der Waals surface area contributed by atoms with Crippen molar-refractivity contribution in [2.75, 3.05) is 26.8 Å². The minimum absolute atomic E-state index is 0.181. The van der Waals surface area contributed by atoms with Crippen molar-refractivity contribution in [1.82, 2.24) is 4.90 Å². The van der Waals surface area contributed by atoms with E-state index < -0.39 is 5.91 Å². The maximum atomic E-state index is 12.4. The molecular formula is C16H20N2O4. The Morgan fingerprint density at radius 1 is 1.23 bits per heavy atom. The van der Waals surface area contributed by atoms with E-state index in [1.807, 2.05) is 0 Å². The molecule has 1 aromatic carbocycles. The third-order valence-corrected chi connectivity index (χ3v) is 2.77. The summed E-state index contributed by atoms with van der Waals surface area (Å²) in [6.07, 6.45) is 3.28. The van der Waals surface area contributed by atoms with Gasteiger partial charge in [-0.15, -0.1) is 13.2 Å². The molecule has 0 fully saturated rings. The molecule has 2 N–H and O–H groups in total. The number of benzene rings is 1. The molecule has 0 aliphatic rings. The molecule has 22 heavy (non-hydrogen) atoms. The summed E-state index contributed by atoms with van der Waals surface area (Å²) in [5.74, 6) is -0.0778. The molecule has 0 atom stereocenters. The molecule has 0 saturated carbocycles. The van der Waals surface area contributed by atoms with Crippen LogP contribution in [0.2, 0.25) is 0 Å². The van der Waals surface area contributed by atoms with Crippen LogP contribution in [0.15, 0.2) is 43.5 Å². The van der Waals surface area contributed by atoms with Crippen LogP contribution in [0.4, 0.5) is 0 Å². The van der Waals surface area contributed by atoms with Crippen LogP contribution < -0.4 is 15.2 Å². The van der Waals surface area contributed by atoms with Crippen LogP contribution in [0.1, 0.15) is 10.4 Å². The summed E-state index contributed by atoms with van der Waals surface area (Å²) >= 11 is 0. The lowest BCUT2D eigenvalue weighted by molar-refractivity contribution is -0.119. The maximum Gasteiger partial charge on any atom is 0.255 e. The number of hydrogen-bond acceptors (Lipinski definition) is 4. The van der Waals surface area contributed by atoms with Crippen molar-refractivity contribution < 1.29 is 19.1 Å². The van der Waals surface area contributed by atoms with Gasteiger partial charge in [0.25, 0.3) is 11.8 Å². The lowest BCUT2D eigenvalue weighted by Crippen LogP contribution is -2.31. The number of carbonyl (C=O) groups excluding carboxylic acids is 2. The molecule has 1 aromatic rings. The van der Waals surface area contributed by atoms with E-state index in [1.165, 1.54) is 7.11 Å². The highest BCUT2D eigenvalue weighted by atomic mass is 16.5. The maximum absolute atomic E-state index is 12.4. The average molecular weight is 304 g/mol. The molecule has 0 bridgehead atoms. The van der Waals surface area contributed by atoms with Gasteiger partial charge < -0.3 is 20.1 Å². The topological polar surface area (TPSA) is 81.9 Å². The largest absolute Gasteiger partial charge is 0.493 e. The van der Waals surface area contributed by atoms with Crippen LogP contribution in [-0.2, 0) is 4.79 Å². The van der Waals surface area contributed by atoms with E-state index in [2.05, 4.69) is 13.2 Å². The monoisotopic (exact) mass is 304 g/mol. The van der Waals surface area contributed by atoms with E-state index in [4.69, 9.17) is 15.2 Å². The molecule has 0 spiro atoms. The molecular weight excluding hydrogens is 284 g/mol. The third kappa shape index (κ3) is 4.66. The van der Waals surface area contributed by atoms with Gasteiger partial charge in [0.1, 0.15) is 0 Å². The molecule has 118 valence electrons. The second-order valence-corrected chi connectivity index (χ2v) is 4.41. The van der Waals surface area contributed by atoms with Crippen LogP contribution in [0.3, 0.4) is 0 Å². The number of nitrogens with zero attached hydrogens (tertiary/aromatic N) is 1. The van der Waals surface area contributed by atoms with Crippen LogP contribution in [0, 0.1) is 0 Å². The first-order chi connectivity index (χ1) is 10.5. The zero-order valence-electron chi connectivity index (χ0n) is 12.6. The predicted molar refractivity (Wildman–Crippen MR) is 84.0 cm³/mol. The van der Waals surface area contributed by atoms with Crippen molar-refractivity contribution >= 4 is 11.8 Å². The van der Waals surface area contributed by atoms with E-state index in [-0.39, 0.29) is 12.5 Å². The van der Waals surface area contributed by atoms with Crippen molar-refractivity contribution in [3.05, 3.63) is 49.1 Å². The number of rotatable bonds is 9. The second-order valence-electron chi connectivity index (χ2n) is 4.41. The molecule has 0 heterocycles. The van der Waals surface area contributed by atoms with Crippen molar-refractivity contribution in [2.45, 2.75) is 0 Å². The molecule has 0 aliphatic carbocycles. The molecule has 0 radical (unpaired) electrons. The zero-order valence-corrected chi connectivity index (χ0v) is 12.6. The van der Waals surface area contributed by atoms with Gasteiger partial charge in [-0.1, -0.05) is 12.2 Å². The number of primary amides is 1. The van der Waals surface area contributed by atoms with Gasteiger partial charge in [-0.25, -0.2) is 0 Å². The minimum Gasteiger partial charge on any atom is -0.493 e. The van der Waals surface area contributed by atoms with Crippen LogP contribution in [-0.4, -0.2) is 43.5 Å². The fourth-order valence-corrected chi connectivity index (χ4v) is 1.80. The highest BCUT2D eigenvalue weighted by Crippen LogP contribution is 2.28. The van der Waals surface area contributed by atoms with Gasteiger partial charge in [0, 0.05) is 18.7 Å². The Morgan fingerprint density at radius 2 is 1.86 bits per heavy atom. The van der Waals surface area contributed by atoms with Gasteiger partial charge in [0.15, 0.2) is 18.1 Å². The van der Waals surface area contributed by atoms with Gasteiger partial charge in [-0.2, -0.15) is 0 Å². The van der Waals surface area contributed by atoms with Gasteiger partial charge in [0.2, 0.25) is 0 Å². The van der Waals surface area contributed by atoms with Gasteiger partial charge in [0.05, 0.1) is 7.11 Å². The summed E-state index contributed by atoms with van der Waals surface area (Å²) in [6.45, 7) is 7.82. The number of methoxy groups -OCH3 is 1. The molecule has 0 aromatic heterocycles. The van der Waals surface area contributed by atoms with E-state index >= 15 is 0 Å². The van der Waals surface area contributed by atoms with Crippen LogP contribution in [0.25, 0.3) is 0 Å². The average Bonchev–Trinajstić information content (AvgIpc) is 2.51. The second kappa shape index (κ2) is 8.51. The fourth-order valence-electron chi connectivity index (χ4n) is 1.80. The Morgan fingerprint density at radius 3 is 2.36 bits per heavy atom. The van der Waals surface area contributed by atoms with Gasteiger partial charge in [-0.05, 0) is 18.2 Å². The standard InChI is InChI=1S/C16H20N2O4/c1-4-8-18(9-5-2)16(20)12-6-7-13(14(10-12)21-3)22-11-15(17)19/h4-7,10H,1-2,8-9,11H2,3H3,(H2,17,19). The van der Waals surface area contributed by atoms with Crippen molar-refractivity contribution in [1.29, 1.82) is 0 Å². The highest BCUT2D eigenvalue weighted by molar-refractivity contribution is 5.95. The molecule has 0 saturated heterocycles.